The lowest BCUT2D eigenvalue weighted by Crippen LogP contribution is -2.28. The lowest BCUT2D eigenvalue weighted by atomic mass is 10.1. The van der Waals surface area contributed by atoms with Crippen molar-refractivity contribution < 1.29 is 4.79 Å². The minimum Gasteiger partial charge on any atom is -0.352 e. The highest BCUT2D eigenvalue weighted by molar-refractivity contribution is 5.78. The van der Waals surface area contributed by atoms with Gasteiger partial charge in [-0.25, -0.2) is 0 Å². The first kappa shape index (κ1) is 15.7. The lowest BCUT2D eigenvalue weighted by Gasteiger charge is -2.15. The van der Waals surface area contributed by atoms with E-state index in [1.54, 1.807) is 0 Å². The Kier molecular flexibility index (Phi) is 6.57. The molecule has 1 amide bonds. The molecule has 0 fully saturated rings. The van der Waals surface area contributed by atoms with Crippen molar-refractivity contribution in [3.63, 3.8) is 0 Å². The topological polar surface area (TPSA) is 32.3 Å². The van der Waals surface area contributed by atoms with E-state index in [2.05, 4.69) is 48.5 Å². The smallest absolute Gasteiger partial charge is 0.223 e. The van der Waals surface area contributed by atoms with E-state index >= 15 is 0 Å². The van der Waals surface area contributed by atoms with Crippen LogP contribution in [0, 0.1) is 5.92 Å². The van der Waals surface area contributed by atoms with Crippen LogP contribution in [-0.4, -0.2) is 24.4 Å². The predicted molar refractivity (Wildman–Crippen MR) is 79.8 cm³/mol. The zero-order chi connectivity index (χ0) is 14.3. The van der Waals surface area contributed by atoms with Crippen LogP contribution in [0.15, 0.2) is 24.3 Å². The Bertz CT molecular complexity index is 403. The molecule has 3 nitrogen and oxygen atoms in total. The molecule has 0 aliphatic carbocycles. The van der Waals surface area contributed by atoms with Gasteiger partial charge in [-0.15, -0.1) is 0 Å². The molecule has 1 aromatic carbocycles. The zero-order valence-electron chi connectivity index (χ0n) is 12.6. The number of carbonyl (C=O) groups excluding carboxylic acids is 1. The summed E-state index contributed by atoms with van der Waals surface area (Å²) in [6, 6.07) is 8.42. The highest BCUT2D eigenvalue weighted by atomic mass is 16.1. The van der Waals surface area contributed by atoms with Crippen molar-refractivity contribution in [1.29, 1.82) is 0 Å². The van der Waals surface area contributed by atoms with E-state index in [9.17, 15) is 4.79 Å². The van der Waals surface area contributed by atoms with Gasteiger partial charge in [0.15, 0.2) is 0 Å². The maximum absolute atomic E-state index is 11.7. The van der Waals surface area contributed by atoms with E-state index in [4.69, 9.17) is 0 Å². The monoisotopic (exact) mass is 262 g/mol. The Morgan fingerprint density at radius 3 is 2.63 bits per heavy atom. The van der Waals surface area contributed by atoms with Gasteiger partial charge in [0.25, 0.3) is 0 Å². The van der Waals surface area contributed by atoms with Crippen LogP contribution in [0.1, 0.15) is 38.3 Å². The number of nitrogens with one attached hydrogen (secondary N) is 1. The fraction of sp³-hybridized carbons (Fsp3) is 0.562. The van der Waals surface area contributed by atoms with Crippen molar-refractivity contribution in [3.8, 4) is 0 Å². The molecule has 0 saturated carbocycles. The van der Waals surface area contributed by atoms with E-state index in [1.165, 1.54) is 11.1 Å². The summed E-state index contributed by atoms with van der Waals surface area (Å²) in [6.07, 6.45) is 0.882. The minimum absolute atomic E-state index is 0.0920. The van der Waals surface area contributed by atoms with Crippen molar-refractivity contribution in [2.24, 2.45) is 5.92 Å². The average Bonchev–Trinajstić information content (AvgIpc) is 2.44. The van der Waals surface area contributed by atoms with E-state index in [1.807, 2.05) is 13.8 Å². The molecule has 0 radical (unpaired) electrons. The molecular weight excluding hydrogens is 236 g/mol. The quantitative estimate of drug-likeness (QED) is 0.819. The third-order valence-corrected chi connectivity index (χ3v) is 3.51. The number of amides is 1. The second kappa shape index (κ2) is 7.95. The molecule has 19 heavy (non-hydrogen) atoms. The molecule has 0 aromatic heterocycles. The SMILES string of the molecule is CC[C@H](C)C(=O)NCc1cccc(CN(C)CC)c1. The van der Waals surface area contributed by atoms with Crippen LogP contribution in [-0.2, 0) is 17.9 Å². The largest absolute Gasteiger partial charge is 0.352 e. The second-order valence-electron chi connectivity index (χ2n) is 5.18. The van der Waals surface area contributed by atoms with Crippen molar-refractivity contribution in [1.82, 2.24) is 10.2 Å². The van der Waals surface area contributed by atoms with E-state index in [0.29, 0.717) is 6.54 Å². The van der Waals surface area contributed by atoms with Gasteiger partial charge in [0.1, 0.15) is 0 Å². The number of benzene rings is 1. The van der Waals surface area contributed by atoms with Gasteiger partial charge in [-0.3, -0.25) is 4.79 Å². The molecule has 0 unspecified atom stereocenters. The third-order valence-electron chi connectivity index (χ3n) is 3.51. The van der Waals surface area contributed by atoms with Gasteiger partial charge in [0.2, 0.25) is 5.91 Å². The van der Waals surface area contributed by atoms with Crippen molar-refractivity contribution in [2.45, 2.75) is 40.3 Å². The van der Waals surface area contributed by atoms with Crippen LogP contribution < -0.4 is 5.32 Å². The first-order valence-electron chi connectivity index (χ1n) is 7.10. The highest BCUT2D eigenvalue weighted by Crippen LogP contribution is 2.08. The molecule has 1 atom stereocenters. The van der Waals surface area contributed by atoms with Gasteiger partial charge < -0.3 is 10.2 Å². The molecule has 3 heteroatoms. The number of hydrogen-bond donors (Lipinski definition) is 1. The van der Waals surface area contributed by atoms with Gasteiger partial charge in [0.05, 0.1) is 0 Å². The molecule has 0 aliphatic rings. The van der Waals surface area contributed by atoms with Gasteiger partial charge in [-0.1, -0.05) is 45.0 Å². The Balaban J connectivity index is 2.55. The Hall–Kier alpha value is -1.35. The number of nitrogens with zero attached hydrogens (tertiary/aromatic N) is 1. The molecular formula is C16H26N2O. The molecule has 1 aromatic rings. The molecule has 1 N–H and O–H groups in total. The molecule has 0 saturated heterocycles. The van der Waals surface area contributed by atoms with Gasteiger partial charge in [-0.2, -0.15) is 0 Å². The second-order valence-corrected chi connectivity index (χ2v) is 5.18. The third kappa shape index (κ3) is 5.43. The van der Waals surface area contributed by atoms with Gasteiger partial charge in [0, 0.05) is 19.0 Å². The van der Waals surface area contributed by atoms with Crippen LogP contribution in [0.5, 0.6) is 0 Å². The summed E-state index contributed by atoms with van der Waals surface area (Å²) < 4.78 is 0. The van der Waals surface area contributed by atoms with Gasteiger partial charge >= 0.3 is 0 Å². The standard InChI is InChI=1S/C16H26N2O/c1-5-13(3)16(19)17-11-14-8-7-9-15(10-14)12-18(4)6-2/h7-10,13H,5-6,11-12H2,1-4H3,(H,17,19)/t13-/m0/s1. The molecule has 0 bridgehead atoms. The summed E-state index contributed by atoms with van der Waals surface area (Å²) in [5, 5.41) is 2.99. The van der Waals surface area contributed by atoms with Crippen molar-refractivity contribution in [3.05, 3.63) is 35.4 Å². The van der Waals surface area contributed by atoms with Crippen LogP contribution in [0.2, 0.25) is 0 Å². The summed E-state index contributed by atoms with van der Waals surface area (Å²) in [5.41, 5.74) is 2.46. The number of rotatable bonds is 7. The predicted octanol–water partition coefficient (Wildman–Crippen LogP) is 2.80. The summed E-state index contributed by atoms with van der Waals surface area (Å²) in [6.45, 7) is 8.75. The number of carbonyl (C=O) groups is 1. The van der Waals surface area contributed by atoms with E-state index in [0.717, 1.165) is 19.5 Å². The fourth-order valence-electron chi connectivity index (χ4n) is 1.81. The Morgan fingerprint density at radius 2 is 2.00 bits per heavy atom. The fourth-order valence-corrected chi connectivity index (χ4v) is 1.81. The molecule has 0 heterocycles. The first-order chi connectivity index (χ1) is 9.06. The lowest BCUT2D eigenvalue weighted by molar-refractivity contribution is -0.124. The number of hydrogen-bond acceptors (Lipinski definition) is 2. The Morgan fingerprint density at radius 1 is 1.32 bits per heavy atom. The summed E-state index contributed by atoms with van der Waals surface area (Å²) >= 11 is 0. The minimum atomic E-state index is 0.0920. The van der Waals surface area contributed by atoms with Crippen molar-refractivity contribution in [2.75, 3.05) is 13.6 Å². The summed E-state index contributed by atoms with van der Waals surface area (Å²) in [4.78, 5) is 14.0. The summed E-state index contributed by atoms with van der Waals surface area (Å²) in [5.74, 6) is 0.230. The van der Waals surface area contributed by atoms with Crippen molar-refractivity contribution >= 4 is 5.91 Å². The first-order valence-corrected chi connectivity index (χ1v) is 7.10. The van der Waals surface area contributed by atoms with Crippen LogP contribution in [0.25, 0.3) is 0 Å². The van der Waals surface area contributed by atoms with E-state index in [-0.39, 0.29) is 11.8 Å². The van der Waals surface area contributed by atoms with E-state index < -0.39 is 0 Å². The highest BCUT2D eigenvalue weighted by Gasteiger charge is 2.09. The molecule has 0 spiro atoms. The average molecular weight is 262 g/mol. The van der Waals surface area contributed by atoms with Crippen LogP contribution in [0.3, 0.4) is 0 Å². The maximum Gasteiger partial charge on any atom is 0.223 e. The maximum atomic E-state index is 11.7. The van der Waals surface area contributed by atoms with Crippen LogP contribution in [0.4, 0.5) is 0 Å². The van der Waals surface area contributed by atoms with Crippen LogP contribution >= 0.6 is 0 Å². The molecule has 1 rings (SSSR count). The zero-order valence-corrected chi connectivity index (χ0v) is 12.6. The summed E-state index contributed by atoms with van der Waals surface area (Å²) in [7, 11) is 2.11. The molecule has 0 aliphatic heterocycles. The van der Waals surface area contributed by atoms with Gasteiger partial charge in [-0.05, 0) is 31.1 Å². The molecule has 106 valence electrons. The Labute approximate surface area is 117 Å². The normalized spacial score (nSPS) is 12.5.